The second-order valence-electron chi connectivity index (χ2n) is 6.01. The van der Waals surface area contributed by atoms with Crippen LogP contribution in [0.25, 0.3) is 11.2 Å². The van der Waals surface area contributed by atoms with Crippen LogP contribution in [0.2, 0.25) is 0 Å². The molecule has 3 heterocycles. The molecule has 0 radical (unpaired) electrons. The molecule has 1 fully saturated rings. The summed E-state index contributed by atoms with van der Waals surface area (Å²) in [5.41, 5.74) is 0.216. The van der Waals surface area contributed by atoms with Crippen LogP contribution in [0, 0.1) is 0 Å². The van der Waals surface area contributed by atoms with Crippen molar-refractivity contribution in [2.24, 2.45) is 0 Å². The molecule has 0 aromatic carbocycles. The lowest BCUT2D eigenvalue weighted by atomic mass is 10.2. The summed E-state index contributed by atoms with van der Waals surface area (Å²) in [6.45, 7) is 1.86. The van der Waals surface area contributed by atoms with Gasteiger partial charge < -0.3 is 19.3 Å². The summed E-state index contributed by atoms with van der Waals surface area (Å²) >= 11 is 0. The maximum atomic E-state index is 12.9. The van der Waals surface area contributed by atoms with Crippen molar-refractivity contribution in [2.45, 2.75) is 6.54 Å². The summed E-state index contributed by atoms with van der Waals surface area (Å²) in [6.07, 6.45) is 1.14. The Morgan fingerprint density at radius 1 is 1.15 bits per heavy atom. The number of carbonyl (C=O) groups is 2. The molecule has 2 aromatic rings. The van der Waals surface area contributed by atoms with E-state index in [0.29, 0.717) is 43.9 Å². The predicted octanol–water partition coefficient (Wildman–Crippen LogP) is -0.0379. The molecule has 0 saturated carbocycles. The molecule has 1 saturated heterocycles. The largest absolute Gasteiger partial charge is 0.453 e. The second-order valence-corrected chi connectivity index (χ2v) is 6.01. The molecule has 3 rings (SSSR count). The molecule has 1 aliphatic rings. The second kappa shape index (κ2) is 8.12. The molecule has 27 heavy (non-hydrogen) atoms. The number of carbonyl (C=O) groups excluding carboxylic acids is 2. The van der Waals surface area contributed by atoms with Gasteiger partial charge in [-0.25, -0.2) is 14.8 Å². The molecule has 2 amide bonds. The molecule has 144 valence electrons. The Balaban J connectivity index is 1.90. The van der Waals surface area contributed by atoms with Gasteiger partial charge in [-0.05, 0) is 12.1 Å². The van der Waals surface area contributed by atoms with E-state index < -0.39 is 17.6 Å². The van der Waals surface area contributed by atoms with Gasteiger partial charge in [0, 0.05) is 39.5 Å². The topological polar surface area (TPSA) is 107 Å². The van der Waals surface area contributed by atoms with Crippen molar-refractivity contribution in [3.8, 4) is 0 Å². The van der Waals surface area contributed by atoms with Crippen LogP contribution in [0.15, 0.2) is 23.1 Å². The summed E-state index contributed by atoms with van der Waals surface area (Å²) in [7, 11) is 2.85. The number of pyridine rings is 1. The molecule has 10 nitrogen and oxygen atoms in total. The van der Waals surface area contributed by atoms with Crippen LogP contribution in [0.1, 0.15) is 10.5 Å². The molecule has 10 heteroatoms. The van der Waals surface area contributed by atoms with Crippen molar-refractivity contribution < 1.29 is 19.1 Å². The molecule has 0 aliphatic carbocycles. The molecule has 0 N–H and O–H groups in total. The Morgan fingerprint density at radius 2 is 1.85 bits per heavy atom. The number of fused-ring (bicyclic) bond motifs is 1. The van der Waals surface area contributed by atoms with Gasteiger partial charge >= 0.3 is 6.09 Å². The fourth-order valence-corrected chi connectivity index (χ4v) is 2.98. The van der Waals surface area contributed by atoms with Gasteiger partial charge in [0.1, 0.15) is 5.52 Å². The Hall–Kier alpha value is -3.01. The van der Waals surface area contributed by atoms with E-state index in [0.717, 1.165) is 0 Å². The Labute approximate surface area is 155 Å². The third-order valence-corrected chi connectivity index (χ3v) is 4.42. The van der Waals surface area contributed by atoms with Crippen LogP contribution < -0.4 is 5.56 Å². The highest BCUT2D eigenvalue weighted by Crippen LogP contribution is 2.10. The van der Waals surface area contributed by atoms with Gasteiger partial charge in [-0.3, -0.25) is 14.2 Å². The lowest BCUT2D eigenvalue weighted by molar-refractivity contribution is 0.0592. The standard InChI is InChI=1S/C17H21N5O5/c1-26-11-10-22-14-12(4-3-5-18-14)19-13(16(22)24)15(23)20-6-8-21(9-7-20)17(25)27-2/h3-5H,6-11H2,1-2H3. The van der Waals surface area contributed by atoms with Crippen molar-refractivity contribution in [3.05, 3.63) is 34.4 Å². The van der Waals surface area contributed by atoms with Gasteiger partial charge in [0.25, 0.3) is 11.5 Å². The quantitative estimate of drug-likeness (QED) is 0.738. The van der Waals surface area contributed by atoms with Crippen LogP contribution >= 0.6 is 0 Å². The summed E-state index contributed by atoms with van der Waals surface area (Å²) in [5.74, 6) is -0.457. The monoisotopic (exact) mass is 375 g/mol. The van der Waals surface area contributed by atoms with Crippen molar-refractivity contribution in [1.29, 1.82) is 0 Å². The number of hydrogen-bond donors (Lipinski definition) is 0. The van der Waals surface area contributed by atoms with E-state index in [-0.39, 0.29) is 12.2 Å². The fourth-order valence-electron chi connectivity index (χ4n) is 2.98. The first-order valence-corrected chi connectivity index (χ1v) is 8.53. The molecular formula is C17H21N5O5. The Morgan fingerprint density at radius 3 is 2.52 bits per heavy atom. The summed E-state index contributed by atoms with van der Waals surface area (Å²) in [4.78, 5) is 48.8. The van der Waals surface area contributed by atoms with Gasteiger partial charge in [-0.2, -0.15) is 0 Å². The summed E-state index contributed by atoms with van der Waals surface area (Å²) in [6, 6.07) is 3.40. The van der Waals surface area contributed by atoms with E-state index in [1.165, 1.54) is 28.6 Å². The number of aromatic nitrogens is 3. The smallest absolute Gasteiger partial charge is 0.409 e. The van der Waals surface area contributed by atoms with Gasteiger partial charge in [0.2, 0.25) is 0 Å². The van der Waals surface area contributed by atoms with Crippen LogP contribution in [-0.4, -0.2) is 83.3 Å². The highest BCUT2D eigenvalue weighted by atomic mass is 16.5. The number of piperazine rings is 1. The van der Waals surface area contributed by atoms with Crippen LogP contribution in [0.4, 0.5) is 4.79 Å². The predicted molar refractivity (Wildman–Crippen MR) is 95.6 cm³/mol. The van der Waals surface area contributed by atoms with Gasteiger partial charge in [-0.15, -0.1) is 0 Å². The zero-order valence-corrected chi connectivity index (χ0v) is 15.3. The average molecular weight is 375 g/mol. The number of nitrogens with zero attached hydrogens (tertiary/aromatic N) is 5. The number of ether oxygens (including phenoxy) is 2. The maximum absolute atomic E-state index is 12.9. The van der Waals surface area contributed by atoms with Crippen molar-refractivity contribution in [3.63, 3.8) is 0 Å². The minimum atomic E-state index is -0.501. The highest BCUT2D eigenvalue weighted by Gasteiger charge is 2.28. The Bertz CT molecular complexity index is 904. The number of rotatable bonds is 4. The van der Waals surface area contributed by atoms with Crippen LogP contribution in [-0.2, 0) is 16.0 Å². The number of amides is 2. The van der Waals surface area contributed by atoms with E-state index in [1.54, 1.807) is 18.3 Å². The summed E-state index contributed by atoms with van der Waals surface area (Å²) < 4.78 is 11.2. The van der Waals surface area contributed by atoms with E-state index in [1.807, 2.05) is 0 Å². The minimum Gasteiger partial charge on any atom is -0.453 e. The first-order valence-electron chi connectivity index (χ1n) is 8.53. The zero-order chi connectivity index (χ0) is 19.4. The molecule has 2 aromatic heterocycles. The minimum absolute atomic E-state index is 0.155. The van der Waals surface area contributed by atoms with Crippen LogP contribution in [0.5, 0.6) is 0 Å². The highest BCUT2D eigenvalue weighted by molar-refractivity contribution is 5.93. The first-order chi connectivity index (χ1) is 13.1. The fraction of sp³-hybridized carbons (Fsp3) is 0.471. The van der Waals surface area contributed by atoms with E-state index in [4.69, 9.17) is 4.74 Å². The number of methoxy groups -OCH3 is 2. The third kappa shape index (κ3) is 3.75. The van der Waals surface area contributed by atoms with Crippen LogP contribution in [0.3, 0.4) is 0 Å². The molecule has 0 spiro atoms. The third-order valence-electron chi connectivity index (χ3n) is 4.42. The lowest BCUT2D eigenvalue weighted by Crippen LogP contribution is -2.51. The molecule has 0 unspecified atom stereocenters. The maximum Gasteiger partial charge on any atom is 0.409 e. The molecule has 0 atom stereocenters. The SMILES string of the molecule is COCCn1c(=O)c(C(=O)N2CCN(C(=O)OC)CC2)nc2cccnc21. The van der Waals surface area contributed by atoms with E-state index >= 15 is 0 Å². The normalized spacial score (nSPS) is 14.4. The van der Waals surface area contributed by atoms with Gasteiger partial charge in [0.05, 0.1) is 20.3 Å². The molecule has 0 bridgehead atoms. The zero-order valence-electron chi connectivity index (χ0n) is 15.3. The first kappa shape index (κ1) is 18.8. The van der Waals surface area contributed by atoms with Gasteiger partial charge in [0.15, 0.2) is 11.3 Å². The average Bonchev–Trinajstić information content (AvgIpc) is 2.71. The van der Waals surface area contributed by atoms with Crippen molar-refractivity contribution in [2.75, 3.05) is 47.0 Å². The Kier molecular flexibility index (Phi) is 5.65. The molecular weight excluding hydrogens is 354 g/mol. The van der Waals surface area contributed by atoms with E-state index in [2.05, 4.69) is 14.7 Å². The lowest BCUT2D eigenvalue weighted by Gasteiger charge is -2.33. The van der Waals surface area contributed by atoms with E-state index in [9.17, 15) is 14.4 Å². The van der Waals surface area contributed by atoms with Crippen molar-refractivity contribution >= 4 is 23.2 Å². The summed E-state index contributed by atoms with van der Waals surface area (Å²) in [5, 5.41) is 0. The van der Waals surface area contributed by atoms with Gasteiger partial charge in [-0.1, -0.05) is 0 Å². The number of hydrogen-bond acceptors (Lipinski definition) is 7. The molecule has 1 aliphatic heterocycles. The van der Waals surface area contributed by atoms with Crippen molar-refractivity contribution in [1.82, 2.24) is 24.3 Å².